The summed E-state index contributed by atoms with van der Waals surface area (Å²) < 4.78 is 0. The molecule has 1 amide bonds. The standard InChI is InChI=1S/C23H35N3O/c1-2-14-24-22(27)19-6-8-21(9-7-19)26-17-12-23(13-18-26)10-15-25(16-11-23)20-4-3-5-20/h6-9,20H,2-5,10-18H2,1H3,(H,24,27). The van der Waals surface area contributed by atoms with Crippen molar-refractivity contribution in [1.29, 1.82) is 0 Å². The largest absolute Gasteiger partial charge is 0.371 e. The van der Waals surface area contributed by atoms with Gasteiger partial charge >= 0.3 is 0 Å². The zero-order valence-electron chi connectivity index (χ0n) is 16.9. The monoisotopic (exact) mass is 369 g/mol. The molecule has 4 rings (SSSR count). The average molecular weight is 370 g/mol. The van der Waals surface area contributed by atoms with Gasteiger partial charge in [0.25, 0.3) is 5.91 Å². The van der Waals surface area contributed by atoms with E-state index in [1.165, 1.54) is 63.7 Å². The van der Waals surface area contributed by atoms with E-state index in [4.69, 9.17) is 0 Å². The Hall–Kier alpha value is -1.55. The van der Waals surface area contributed by atoms with Crippen LogP contribution in [0.4, 0.5) is 5.69 Å². The van der Waals surface area contributed by atoms with Crippen molar-refractivity contribution in [3.05, 3.63) is 29.8 Å². The molecule has 0 radical (unpaired) electrons. The predicted octanol–water partition coefficient (Wildman–Crippen LogP) is 4.06. The minimum Gasteiger partial charge on any atom is -0.371 e. The van der Waals surface area contributed by atoms with Crippen molar-refractivity contribution in [2.45, 2.75) is 64.3 Å². The molecule has 4 heteroatoms. The molecule has 0 atom stereocenters. The number of hydrogen-bond donors (Lipinski definition) is 1. The summed E-state index contributed by atoms with van der Waals surface area (Å²) in [6.45, 7) is 7.78. The first kappa shape index (κ1) is 18.8. The van der Waals surface area contributed by atoms with Crippen LogP contribution < -0.4 is 10.2 Å². The summed E-state index contributed by atoms with van der Waals surface area (Å²) in [4.78, 5) is 17.3. The lowest BCUT2D eigenvalue weighted by Crippen LogP contribution is -2.50. The smallest absolute Gasteiger partial charge is 0.251 e. The zero-order valence-corrected chi connectivity index (χ0v) is 16.9. The van der Waals surface area contributed by atoms with Gasteiger partial charge in [0.05, 0.1) is 0 Å². The molecule has 4 nitrogen and oxygen atoms in total. The second kappa shape index (κ2) is 8.22. The summed E-state index contributed by atoms with van der Waals surface area (Å²) in [7, 11) is 0. The lowest BCUT2D eigenvalue weighted by Gasteiger charge is -2.50. The predicted molar refractivity (Wildman–Crippen MR) is 111 cm³/mol. The van der Waals surface area contributed by atoms with Gasteiger partial charge < -0.3 is 15.1 Å². The van der Waals surface area contributed by atoms with Gasteiger partial charge in [-0.25, -0.2) is 0 Å². The highest BCUT2D eigenvalue weighted by Crippen LogP contribution is 2.43. The van der Waals surface area contributed by atoms with Crippen molar-refractivity contribution in [1.82, 2.24) is 10.2 Å². The molecule has 1 spiro atoms. The van der Waals surface area contributed by atoms with Crippen LogP contribution in [0.15, 0.2) is 24.3 Å². The van der Waals surface area contributed by atoms with Crippen molar-refractivity contribution in [2.75, 3.05) is 37.6 Å². The fourth-order valence-electron chi connectivity index (χ4n) is 5.02. The Morgan fingerprint density at radius 1 is 1.04 bits per heavy atom. The second-order valence-electron chi connectivity index (χ2n) is 8.91. The third-order valence-electron chi connectivity index (χ3n) is 7.30. The molecular formula is C23H35N3O. The van der Waals surface area contributed by atoms with Crippen LogP contribution in [0.5, 0.6) is 0 Å². The minimum absolute atomic E-state index is 0.0409. The molecule has 1 saturated carbocycles. The van der Waals surface area contributed by atoms with Crippen molar-refractivity contribution in [2.24, 2.45) is 5.41 Å². The van der Waals surface area contributed by atoms with Crippen LogP contribution in [-0.4, -0.2) is 49.6 Å². The maximum atomic E-state index is 12.1. The van der Waals surface area contributed by atoms with Crippen LogP contribution in [-0.2, 0) is 0 Å². The van der Waals surface area contributed by atoms with Crippen molar-refractivity contribution < 1.29 is 4.79 Å². The molecule has 148 valence electrons. The summed E-state index contributed by atoms with van der Waals surface area (Å²) in [5, 5.41) is 2.95. The molecule has 3 fully saturated rings. The maximum Gasteiger partial charge on any atom is 0.251 e. The molecule has 3 aliphatic rings. The number of amides is 1. The second-order valence-corrected chi connectivity index (χ2v) is 8.91. The highest BCUT2D eigenvalue weighted by Gasteiger charge is 2.39. The summed E-state index contributed by atoms with van der Waals surface area (Å²) in [5.41, 5.74) is 2.63. The Morgan fingerprint density at radius 3 is 2.22 bits per heavy atom. The van der Waals surface area contributed by atoms with E-state index in [9.17, 15) is 4.79 Å². The fourth-order valence-corrected chi connectivity index (χ4v) is 5.02. The van der Waals surface area contributed by atoms with E-state index >= 15 is 0 Å². The highest BCUT2D eigenvalue weighted by atomic mass is 16.1. The van der Waals surface area contributed by atoms with Gasteiger partial charge in [0, 0.05) is 36.9 Å². The van der Waals surface area contributed by atoms with Crippen LogP contribution in [0, 0.1) is 5.41 Å². The number of anilines is 1. The first-order valence-corrected chi connectivity index (χ1v) is 11.1. The van der Waals surface area contributed by atoms with Gasteiger partial charge in [-0.3, -0.25) is 4.79 Å². The fraction of sp³-hybridized carbons (Fsp3) is 0.696. The van der Waals surface area contributed by atoms with Crippen molar-refractivity contribution in [3.8, 4) is 0 Å². The van der Waals surface area contributed by atoms with E-state index in [0.29, 0.717) is 5.41 Å². The topological polar surface area (TPSA) is 35.6 Å². The van der Waals surface area contributed by atoms with E-state index in [-0.39, 0.29) is 5.91 Å². The van der Waals surface area contributed by atoms with E-state index in [1.54, 1.807) is 0 Å². The van der Waals surface area contributed by atoms with Crippen LogP contribution >= 0.6 is 0 Å². The van der Waals surface area contributed by atoms with Gasteiger partial charge in [0.2, 0.25) is 0 Å². The van der Waals surface area contributed by atoms with Crippen molar-refractivity contribution >= 4 is 11.6 Å². The molecule has 0 unspecified atom stereocenters. The SMILES string of the molecule is CCCNC(=O)c1ccc(N2CCC3(CC2)CCN(C2CCC2)CC3)cc1. The Kier molecular flexibility index (Phi) is 5.72. The summed E-state index contributed by atoms with van der Waals surface area (Å²) in [6, 6.07) is 9.11. The third kappa shape index (κ3) is 4.16. The molecule has 1 aliphatic carbocycles. The Morgan fingerprint density at radius 2 is 1.67 bits per heavy atom. The lowest BCUT2D eigenvalue weighted by molar-refractivity contribution is 0.0306. The summed E-state index contributed by atoms with van der Waals surface area (Å²) >= 11 is 0. The maximum absolute atomic E-state index is 12.1. The number of carbonyl (C=O) groups is 1. The summed E-state index contributed by atoms with van der Waals surface area (Å²) in [5.74, 6) is 0.0409. The molecule has 1 aromatic carbocycles. The number of piperidine rings is 2. The first-order valence-electron chi connectivity index (χ1n) is 11.1. The van der Waals surface area contributed by atoms with E-state index in [1.807, 2.05) is 12.1 Å². The quantitative estimate of drug-likeness (QED) is 0.850. The number of nitrogens with one attached hydrogen (secondary N) is 1. The number of nitrogens with zero attached hydrogens (tertiary/aromatic N) is 2. The Bertz CT molecular complexity index is 620. The Labute approximate surface area is 164 Å². The van der Waals surface area contributed by atoms with Crippen LogP contribution in [0.25, 0.3) is 0 Å². The number of likely N-dealkylation sites (tertiary alicyclic amines) is 1. The molecule has 2 aliphatic heterocycles. The summed E-state index contributed by atoms with van der Waals surface area (Å²) in [6.07, 6.45) is 10.7. The van der Waals surface area contributed by atoms with E-state index in [0.717, 1.165) is 37.7 Å². The van der Waals surface area contributed by atoms with Crippen LogP contribution in [0.2, 0.25) is 0 Å². The average Bonchev–Trinajstić information content (AvgIpc) is 2.67. The van der Waals surface area contributed by atoms with Gasteiger partial charge in [-0.1, -0.05) is 13.3 Å². The van der Waals surface area contributed by atoms with Crippen molar-refractivity contribution in [3.63, 3.8) is 0 Å². The number of rotatable bonds is 5. The molecular weight excluding hydrogens is 334 g/mol. The molecule has 2 saturated heterocycles. The van der Waals surface area contributed by atoms with Gasteiger partial charge in [-0.2, -0.15) is 0 Å². The zero-order chi connectivity index (χ0) is 18.7. The molecule has 0 aromatic heterocycles. The van der Waals surface area contributed by atoms with Crippen LogP contribution in [0.3, 0.4) is 0 Å². The van der Waals surface area contributed by atoms with E-state index in [2.05, 4.69) is 34.2 Å². The lowest BCUT2D eigenvalue weighted by atomic mass is 9.70. The van der Waals surface area contributed by atoms with Gasteiger partial charge in [0.1, 0.15) is 0 Å². The van der Waals surface area contributed by atoms with Gasteiger partial charge in [-0.15, -0.1) is 0 Å². The van der Waals surface area contributed by atoms with Crippen LogP contribution in [0.1, 0.15) is 68.6 Å². The number of benzene rings is 1. The normalized spacial score (nSPS) is 23.2. The molecule has 27 heavy (non-hydrogen) atoms. The minimum atomic E-state index is 0.0409. The van der Waals surface area contributed by atoms with Gasteiger partial charge in [-0.05, 0) is 87.7 Å². The molecule has 1 aromatic rings. The molecule has 2 heterocycles. The highest BCUT2D eigenvalue weighted by molar-refractivity contribution is 5.94. The first-order chi connectivity index (χ1) is 13.2. The number of carbonyl (C=O) groups excluding carboxylic acids is 1. The van der Waals surface area contributed by atoms with E-state index < -0.39 is 0 Å². The molecule has 0 bridgehead atoms. The van der Waals surface area contributed by atoms with Gasteiger partial charge in [0.15, 0.2) is 0 Å². The Balaban J connectivity index is 1.28. The molecule has 1 N–H and O–H groups in total. The third-order valence-corrected chi connectivity index (χ3v) is 7.30. The number of hydrogen-bond acceptors (Lipinski definition) is 3.